The van der Waals surface area contributed by atoms with Gasteiger partial charge < -0.3 is 30.6 Å². The summed E-state index contributed by atoms with van der Waals surface area (Å²) in [6.07, 6.45) is 14.3. The van der Waals surface area contributed by atoms with Gasteiger partial charge in [-0.1, -0.05) is 12.1 Å². The molecule has 7 aromatic rings. The molecule has 0 bridgehead atoms. The second-order valence-corrected chi connectivity index (χ2v) is 11.4. The molecule has 0 saturated carbocycles. The van der Waals surface area contributed by atoms with Crippen molar-refractivity contribution in [3.05, 3.63) is 115 Å². The molecule has 13 heteroatoms. The summed E-state index contributed by atoms with van der Waals surface area (Å²) in [7, 11) is 0. The maximum Gasteiger partial charge on any atom is 0.0922 e. The van der Waals surface area contributed by atoms with E-state index in [4.69, 9.17) is 4.98 Å². The molecule has 6 N–H and O–H groups in total. The smallest absolute Gasteiger partial charge is 0.0922 e. The monoisotopic (exact) mass is 615 g/mol. The van der Waals surface area contributed by atoms with Gasteiger partial charge in [0.2, 0.25) is 0 Å². The Kier molecular flexibility index (Phi) is 8.92. The number of benzene rings is 2. The first-order valence-corrected chi connectivity index (χ1v) is 15.4. The Labute approximate surface area is 265 Å². The summed E-state index contributed by atoms with van der Waals surface area (Å²) in [5.41, 5.74) is 8.34. The van der Waals surface area contributed by atoms with Gasteiger partial charge in [0.25, 0.3) is 0 Å². The lowest BCUT2D eigenvalue weighted by molar-refractivity contribution is 0.261. The molecular weight excluding hydrogens is 578 g/mol. The number of nitrogens with zero attached hydrogens (tertiary/aromatic N) is 7. The number of imidazole rings is 4. The molecule has 46 heavy (non-hydrogen) atoms. The number of aromatic amines is 4. The molecule has 13 nitrogen and oxygen atoms in total. The fourth-order valence-electron chi connectivity index (χ4n) is 5.64. The Morgan fingerprint density at radius 2 is 0.891 bits per heavy atom. The van der Waals surface area contributed by atoms with Crippen LogP contribution >= 0.6 is 0 Å². The van der Waals surface area contributed by atoms with Crippen molar-refractivity contribution in [1.29, 1.82) is 0 Å². The molecule has 2 aromatic carbocycles. The molecule has 0 aliphatic heterocycles. The van der Waals surface area contributed by atoms with Gasteiger partial charge in [-0.05, 0) is 30.3 Å². The van der Waals surface area contributed by atoms with E-state index < -0.39 is 0 Å². The quantitative estimate of drug-likeness (QED) is 0.0861. The van der Waals surface area contributed by atoms with Crippen molar-refractivity contribution in [1.82, 2.24) is 54.7 Å². The Morgan fingerprint density at radius 1 is 0.500 bits per heavy atom. The largest absolute Gasteiger partial charge is 0.384 e. The topological polar surface area (TPSA) is 158 Å². The molecule has 0 amide bonds. The van der Waals surface area contributed by atoms with Gasteiger partial charge in [0, 0.05) is 122 Å². The van der Waals surface area contributed by atoms with Gasteiger partial charge >= 0.3 is 0 Å². The third-order valence-corrected chi connectivity index (χ3v) is 7.92. The molecule has 7 rings (SSSR count). The number of pyridine rings is 1. The van der Waals surface area contributed by atoms with E-state index in [9.17, 15) is 0 Å². The number of hydrogen-bond donors (Lipinski definition) is 6. The van der Waals surface area contributed by atoms with Crippen LogP contribution in [0.15, 0.2) is 92.6 Å². The van der Waals surface area contributed by atoms with Gasteiger partial charge in [-0.25, -0.2) is 24.9 Å². The molecule has 0 unspecified atom stereocenters. The van der Waals surface area contributed by atoms with E-state index in [1.807, 2.05) is 24.8 Å². The maximum atomic E-state index is 5.04. The average molecular weight is 616 g/mol. The third-order valence-electron chi connectivity index (χ3n) is 7.92. The normalized spacial score (nSPS) is 11.7. The zero-order chi connectivity index (χ0) is 31.0. The van der Waals surface area contributed by atoms with Crippen molar-refractivity contribution in [2.24, 2.45) is 0 Å². The highest BCUT2D eigenvalue weighted by molar-refractivity contribution is 5.95. The fourth-order valence-corrected chi connectivity index (χ4v) is 5.64. The highest BCUT2D eigenvalue weighted by Crippen LogP contribution is 2.25. The molecule has 5 aromatic heterocycles. The van der Waals surface area contributed by atoms with Crippen LogP contribution in [0.2, 0.25) is 0 Å². The summed E-state index contributed by atoms with van der Waals surface area (Å²) in [6.45, 7) is 6.35. The van der Waals surface area contributed by atoms with Gasteiger partial charge in [0.05, 0.1) is 36.3 Å². The van der Waals surface area contributed by atoms with Crippen LogP contribution in [0.5, 0.6) is 0 Å². The van der Waals surface area contributed by atoms with Gasteiger partial charge in [-0.3, -0.25) is 9.80 Å². The number of H-pyrrole nitrogens is 4. The predicted molar refractivity (Wildman–Crippen MR) is 179 cm³/mol. The lowest BCUT2D eigenvalue weighted by atomic mass is 10.1. The lowest BCUT2D eigenvalue weighted by Crippen LogP contribution is -2.28. The van der Waals surface area contributed by atoms with Crippen molar-refractivity contribution in [3.63, 3.8) is 0 Å². The Bertz CT molecular complexity index is 1700. The molecule has 0 saturated heterocycles. The highest BCUT2D eigenvalue weighted by atomic mass is 15.2. The predicted octanol–water partition coefficient (Wildman–Crippen LogP) is 4.51. The first-order chi connectivity index (χ1) is 22.7. The Balaban J connectivity index is 0.981. The van der Waals surface area contributed by atoms with Gasteiger partial charge in [0.1, 0.15) is 0 Å². The van der Waals surface area contributed by atoms with E-state index in [-0.39, 0.29) is 0 Å². The number of nitrogens with one attached hydrogen (secondary N) is 6. The highest BCUT2D eigenvalue weighted by Gasteiger charge is 2.11. The summed E-state index contributed by atoms with van der Waals surface area (Å²) in [5.74, 6) is 0. The first-order valence-electron chi connectivity index (χ1n) is 15.4. The minimum atomic E-state index is 0.773. The van der Waals surface area contributed by atoms with E-state index in [0.29, 0.717) is 0 Å². The van der Waals surface area contributed by atoms with Crippen molar-refractivity contribution in [2.75, 3.05) is 36.8 Å². The van der Waals surface area contributed by atoms with Crippen LogP contribution in [0, 0.1) is 0 Å². The standard InChI is InChI=1S/C33H37N13/c1-3-26(38-5-7-45(16-28-12-34-20-40-28)17-29-13-35-21-41-29)10-32-24(1)9-25-2-4-27(11-33(25)44-32)39-6-8-46(18-30-14-36-22-42-30)19-31-15-37-23-43-31/h1-4,9-15,20-23,38-39H,5-8,16-19H2,(H,34,40)(H,35,41)(H,36,42)(H,37,43). The fraction of sp³-hybridized carbons (Fsp3) is 0.242. The van der Waals surface area contributed by atoms with Crippen molar-refractivity contribution in [3.8, 4) is 0 Å². The number of fused-ring (bicyclic) bond motifs is 2. The molecule has 0 aliphatic carbocycles. The molecule has 234 valence electrons. The minimum absolute atomic E-state index is 0.773. The zero-order valence-electron chi connectivity index (χ0n) is 25.4. The second kappa shape index (κ2) is 14.1. The van der Waals surface area contributed by atoms with E-state index in [0.717, 1.165) is 108 Å². The van der Waals surface area contributed by atoms with Crippen molar-refractivity contribution in [2.45, 2.75) is 26.2 Å². The number of aromatic nitrogens is 9. The van der Waals surface area contributed by atoms with Crippen LogP contribution in [-0.2, 0) is 26.2 Å². The van der Waals surface area contributed by atoms with Crippen LogP contribution in [0.4, 0.5) is 11.4 Å². The number of hydrogen-bond acceptors (Lipinski definition) is 9. The van der Waals surface area contributed by atoms with E-state index in [1.165, 1.54) is 0 Å². The number of rotatable bonds is 16. The Hall–Kier alpha value is -5.53. The van der Waals surface area contributed by atoms with E-state index >= 15 is 0 Å². The molecule has 0 radical (unpaired) electrons. The van der Waals surface area contributed by atoms with Gasteiger partial charge in [0.15, 0.2) is 0 Å². The molecule has 0 atom stereocenters. The lowest BCUT2D eigenvalue weighted by Gasteiger charge is -2.21. The summed E-state index contributed by atoms with van der Waals surface area (Å²) >= 11 is 0. The summed E-state index contributed by atoms with van der Waals surface area (Å²) < 4.78 is 0. The summed E-state index contributed by atoms with van der Waals surface area (Å²) in [4.78, 5) is 39.2. The second-order valence-electron chi connectivity index (χ2n) is 11.4. The van der Waals surface area contributed by atoms with Gasteiger partial charge in [-0.15, -0.1) is 0 Å². The summed E-state index contributed by atoms with van der Waals surface area (Å²) in [5, 5.41) is 9.42. The van der Waals surface area contributed by atoms with E-state index in [1.54, 1.807) is 25.3 Å². The summed E-state index contributed by atoms with van der Waals surface area (Å²) in [6, 6.07) is 15.0. The van der Waals surface area contributed by atoms with Crippen molar-refractivity contribution >= 4 is 33.2 Å². The van der Waals surface area contributed by atoms with Crippen molar-refractivity contribution < 1.29 is 0 Å². The van der Waals surface area contributed by atoms with Crippen LogP contribution in [0.25, 0.3) is 21.8 Å². The van der Waals surface area contributed by atoms with Crippen LogP contribution in [0.3, 0.4) is 0 Å². The van der Waals surface area contributed by atoms with Crippen LogP contribution < -0.4 is 10.6 Å². The van der Waals surface area contributed by atoms with Crippen LogP contribution in [0.1, 0.15) is 22.8 Å². The maximum absolute atomic E-state index is 5.04. The average Bonchev–Trinajstić information content (AvgIpc) is 3.90. The zero-order valence-corrected chi connectivity index (χ0v) is 25.4. The molecular formula is C33H37N13. The minimum Gasteiger partial charge on any atom is -0.384 e. The first kappa shape index (κ1) is 29.2. The SMILES string of the molecule is c1ncc(CN(CCNc2ccc3cc4ccc(NCCN(Cc5cnc[nH]5)Cc5cnc[nH]5)cc4nc3c2)Cc2cnc[nH]2)[nH]1. The molecule has 0 aliphatic rings. The van der Waals surface area contributed by atoms with Gasteiger partial charge in [-0.2, -0.15) is 0 Å². The third kappa shape index (κ3) is 7.57. The Morgan fingerprint density at radius 3 is 1.24 bits per heavy atom. The molecule has 0 fully saturated rings. The van der Waals surface area contributed by atoms with Crippen LogP contribution in [-0.4, -0.2) is 80.8 Å². The molecule has 5 heterocycles. The number of anilines is 2. The van der Waals surface area contributed by atoms with E-state index in [2.05, 4.69) is 103 Å². The molecule has 0 spiro atoms.